The van der Waals surface area contributed by atoms with Crippen molar-refractivity contribution in [2.24, 2.45) is 5.92 Å². The maximum absolute atomic E-state index is 11.3. The standard InChI is InChI=1S/C28H29N9O2/c1-2-26(36-11-9-19(10-12-36)27(38)39)22-8-4-7-21(31-22)16-37-17-25(34-35-37)24-14-23(32-28(30)33-24)20-6-3-5-18(13-20)15-29/h3-8,13-14,17,19,26H,2,9-12,16H2,1H3,(H,38,39)(H2,30,32,33)/t26-/m0/s1. The number of hydrogen-bond acceptors (Lipinski definition) is 9. The second kappa shape index (κ2) is 11.4. The summed E-state index contributed by atoms with van der Waals surface area (Å²) in [6, 6.07) is 17.2. The smallest absolute Gasteiger partial charge is 0.306 e. The zero-order chi connectivity index (χ0) is 27.4. The van der Waals surface area contributed by atoms with Gasteiger partial charge < -0.3 is 10.8 Å². The highest BCUT2D eigenvalue weighted by atomic mass is 16.4. The molecule has 4 heterocycles. The van der Waals surface area contributed by atoms with E-state index in [9.17, 15) is 15.2 Å². The number of carboxylic acid groups (broad SMARTS) is 1. The summed E-state index contributed by atoms with van der Waals surface area (Å²) < 4.78 is 1.70. The Morgan fingerprint density at radius 3 is 2.62 bits per heavy atom. The van der Waals surface area contributed by atoms with Crippen molar-refractivity contribution in [1.82, 2.24) is 34.8 Å². The normalized spacial score (nSPS) is 15.1. The third kappa shape index (κ3) is 5.91. The number of aromatic nitrogens is 6. The number of anilines is 1. The molecule has 0 amide bonds. The maximum Gasteiger partial charge on any atom is 0.306 e. The van der Waals surface area contributed by atoms with Gasteiger partial charge in [-0.3, -0.25) is 14.7 Å². The lowest BCUT2D eigenvalue weighted by atomic mass is 9.94. The SMILES string of the molecule is CC[C@@H](c1cccc(Cn2cc(-c3cc(-c4cccc(C#N)c4)nc(N)n3)nn2)n1)N1CCC(C(=O)O)CC1. The summed E-state index contributed by atoms with van der Waals surface area (Å²) in [7, 11) is 0. The fourth-order valence-electron chi connectivity index (χ4n) is 5.04. The number of piperidine rings is 1. The van der Waals surface area contributed by atoms with Crippen molar-refractivity contribution in [3.63, 3.8) is 0 Å². The second-order valence-corrected chi connectivity index (χ2v) is 9.62. The van der Waals surface area contributed by atoms with Crippen LogP contribution in [0, 0.1) is 17.2 Å². The molecule has 1 aliphatic rings. The number of nitriles is 1. The van der Waals surface area contributed by atoms with Gasteiger partial charge in [-0.2, -0.15) is 5.26 Å². The third-order valence-corrected chi connectivity index (χ3v) is 7.03. The number of nitrogens with two attached hydrogens (primary N) is 1. The molecule has 0 spiro atoms. The van der Waals surface area contributed by atoms with E-state index in [1.54, 1.807) is 35.1 Å². The first-order valence-corrected chi connectivity index (χ1v) is 12.9. The lowest BCUT2D eigenvalue weighted by molar-refractivity contribution is -0.143. The largest absolute Gasteiger partial charge is 0.481 e. The molecule has 1 aliphatic heterocycles. The van der Waals surface area contributed by atoms with Crippen LogP contribution in [-0.2, 0) is 11.3 Å². The summed E-state index contributed by atoms with van der Waals surface area (Å²) in [6.07, 6.45) is 3.99. The lowest BCUT2D eigenvalue weighted by Crippen LogP contribution is -2.39. The van der Waals surface area contributed by atoms with Gasteiger partial charge in [0.2, 0.25) is 5.95 Å². The average molecular weight is 524 g/mol. The predicted octanol–water partition coefficient (Wildman–Crippen LogP) is 3.55. The molecular weight excluding hydrogens is 494 g/mol. The topological polar surface area (TPSA) is 160 Å². The van der Waals surface area contributed by atoms with E-state index in [2.05, 4.69) is 38.2 Å². The molecule has 39 heavy (non-hydrogen) atoms. The maximum atomic E-state index is 11.3. The summed E-state index contributed by atoms with van der Waals surface area (Å²) in [5.74, 6) is -0.862. The van der Waals surface area contributed by atoms with Crippen molar-refractivity contribution < 1.29 is 9.90 Å². The van der Waals surface area contributed by atoms with E-state index in [0.29, 0.717) is 42.0 Å². The van der Waals surface area contributed by atoms with Gasteiger partial charge in [0.25, 0.3) is 0 Å². The van der Waals surface area contributed by atoms with E-state index in [1.807, 2.05) is 24.3 Å². The summed E-state index contributed by atoms with van der Waals surface area (Å²) in [6.45, 7) is 4.05. The van der Waals surface area contributed by atoms with Gasteiger partial charge in [0.1, 0.15) is 5.69 Å². The Morgan fingerprint density at radius 2 is 1.87 bits per heavy atom. The van der Waals surface area contributed by atoms with Crippen LogP contribution in [0.15, 0.2) is 54.7 Å². The first-order chi connectivity index (χ1) is 18.9. The van der Waals surface area contributed by atoms with Gasteiger partial charge in [-0.25, -0.2) is 14.6 Å². The van der Waals surface area contributed by atoms with Crippen molar-refractivity contribution in [2.45, 2.75) is 38.8 Å². The number of benzene rings is 1. The Labute approximate surface area is 226 Å². The molecular formula is C28H29N9O2. The molecule has 5 rings (SSSR count). The van der Waals surface area contributed by atoms with Crippen LogP contribution in [0.5, 0.6) is 0 Å². The molecule has 11 nitrogen and oxygen atoms in total. The highest BCUT2D eigenvalue weighted by Crippen LogP contribution is 2.29. The van der Waals surface area contributed by atoms with Crippen LogP contribution in [0.1, 0.15) is 49.2 Å². The molecule has 198 valence electrons. The fourth-order valence-corrected chi connectivity index (χ4v) is 5.04. The van der Waals surface area contributed by atoms with Crippen LogP contribution >= 0.6 is 0 Å². The molecule has 1 fully saturated rings. The van der Waals surface area contributed by atoms with Crippen LogP contribution in [0.25, 0.3) is 22.6 Å². The van der Waals surface area contributed by atoms with Crippen LogP contribution in [0.3, 0.4) is 0 Å². The first-order valence-electron chi connectivity index (χ1n) is 12.9. The van der Waals surface area contributed by atoms with Crippen LogP contribution in [0.4, 0.5) is 5.95 Å². The lowest BCUT2D eigenvalue weighted by Gasteiger charge is -2.36. The van der Waals surface area contributed by atoms with E-state index in [0.717, 1.165) is 36.5 Å². The Kier molecular flexibility index (Phi) is 7.56. The van der Waals surface area contributed by atoms with E-state index in [4.69, 9.17) is 10.7 Å². The number of rotatable bonds is 8. The Morgan fingerprint density at radius 1 is 1.10 bits per heavy atom. The second-order valence-electron chi connectivity index (χ2n) is 9.62. The average Bonchev–Trinajstić information content (AvgIpc) is 3.42. The number of hydrogen-bond donors (Lipinski definition) is 2. The summed E-state index contributed by atoms with van der Waals surface area (Å²) in [4.78, 5) is 27.2. The predicted molar refractivity (Wildman–Crippen MR) is 144 cm³/mol. The molecule has 0 bridgehead atoms. The van der Waals surface area contributed by atoms with Gasteiger partial charge in [0.15, 0.2) is 0 Å². The number of likely N-dealkylation sites (tertiary alicyclic amines) is 1. The minimum Gasteiger partial charge on any atom is -0.481 e. The fraction of sp³-hybridized carbons (Fsp3) is 0.321. The highest BCUT2D eigenvalue weighted by Gasteiger charge is 2.29. The van der Waals surface area contributed by atoms with E-state index in [1.165, 1.54) is 0 Å². The molecule has 3 aromatic heterocycles. The monoisotopic (exact) mass is 523 g/mol. The highest BCUT2D eigenvalue weighted by molar-refractivity contribution is 5.70. The van der Waals surface area contributed by atoms with Crippen molar-refractivity contribution >= 4 is 11.9 Å². The quantitative estimate of drug-likeness (QED) is 0.349. The van der Waals surface area contributed by atoms with E-state index < -0.39 is 5.97 Å². The van der Waals surface area contributed by atoms with Gasteiger partial charge in [-0.05, 0) is 62.7 Å². The zero-order valence-corrected chi connectivity index (χ0v) is 21.6. The molecule has 1 aromatic carbocycles. The molecule has 0 radical (unpaired) electrons. The summed E-state index contributed by atoms with van der Waals surface area (Å²) >= 11 is 0. The number of pyridine rings is 1. The number of aliphatic carboxylic acids is 1. The summed E-state index contributed by atoms with van der Waals surface area (Å²) in [5.41, 5.74) is 10.8. The van der Waals surface area contributed by atoms with Crippen molar-refractivity contribution in [1.29, 1.82) is 5.26 Å². The minimum absolute atomic E-state index is 0.103. The van der Waals surface area contributed by atoms with Crippen molar-refractivity contribution in [2.75, 3.05) is 18.8 Å². The minimum atomic E-state index is -0.705. The molecule has 1 atom stereocenters. The van der Waals surface area contributed by atoms with Gasteiger partial charge in [0.05, 0.1) is 59.1 Å². The molecule has 4 aromatic rings. The molecule has 0 aliphatic carbocycles. The van der Waals surface area contributed by atoms with Crippen molar-refractivity contribution in [3.8, 4) is 28.7 Å². The van der Waals surface area contributed by atoms with Crippen LogP contribution in [0.2, 0.25) is 0 Å². The number of carboxylic acids is 1. The van der Waals surface area contributed by atoms with Crippen LogP contribution < -0.4 is 5.73 Å². The molecule has 1 saturated heterocycles. The third-order valence-electron chi connectivity index (χ3n) is 7.03. The number of carbonyl (C=O) groups is 1. The molecule has 0 saturated carbocycles. The molecule has 11 heteroatoms. The molecule has 0 unspecified atom stereocenters. The van der Waals surface area contributed by atoms with Crippen LogP contribution in [-0.4, -0.2) is 59.0 Å². The van der Waals surface area contributed by atoms with Crippen molar-refractivity contribution in [3.05, 3.63) is 71.7 Å². The Balaban J connectivity index is 1.32. The van der Waals surface area contributed by atoms with Gasteiger partial charge in [0, 0.05) is 5.56 Å². The Bertz CT molecular complexity index is 1520. The Hall–Kier alpha value is -4.69. The molecule has 3 N–H and O–H groups in total. The van der Waals surface area contributed by atoms with E-state index >= 15 is 0 Å². The number of nitrogen functional groups attached to an aromatic ring is 1. The zero-order valence-electron chi connectivity index (χ0n) is 21.6. The van der Waals surface area contributed by atoms with Gasteiger partial charge >= 0.3 is 5.97 Å². The summed E-state index contributed by atoms with van der Waals surface area (Å²) in [5, 5.41) is 27.1. The van der Waals surface area contributed by atoms with Gasteiger partial charge in [-0.1, -0.05) is 30.3 Å². The number of nitrogens with zero attached hydrogens (tertiary/aromatic N) is 8. The van der Waals surface area contributed by atoms with E-state index in [-0.39, 0.29) is 17.9 Å². The first kappa shape index (κ1) is 25.9. The van der Waals surface area contributed by atoms with Gasteiger partial charge in [-0.15, -0.1) is 5.10 Å².